The fraction of sp³-hybridized carbons (Fsp3) is 0.548. The number of rotatable bonds is 16. The predicted molar refractivity (Wildman–Crippen MR) is 172 cm³/mol. The molecule has 0 unspecified atom stereocenters. The Hall–Kier alpha value is -0.590. The maximum Gasteiger partial charge on any atom is 0.0584 e. The summed E-state index contributed by atoms with van der Waals surface area (Å²) in [7, 11) is 0. The van der Waals surface area contributed by atoms with Crippen molar-refractivity contribution in [1.29, 1.82) is 0 Å². The van der Waals surface area contributed by atoms with Gasteiger partial charge >= 0.3 is 0 Å². The molecular weight excluding hydrogens is 533 g/mol. The minimum Gasteiger partial charge on any atom is -0.140 e. The maximum atomic E-state index is 2.42. The monoisotopic (exact) mass is 574 g/mol. The van der Waals surface area contributed by atoms with Crippen LogP contribution in [0.15, 0.2) is 29.2 Å². The third-order valence-electron chi connectivity index (χ3n) is 6.77. The first kappa shape index (κ1) is 28.4. The third-order valence-corrected chi connectivity index (χ3v) is 12.9. The molecule has 0 saturated heterocycles. The molecule has 4 heterocycles. The summed E-state index contributed by atoms with van der Waals surface area (Å²) in [5, 5.41) is 0. The maximum absolute atomic E-state index is 2.42. The SMILES string of the molecule is CCCCCCCCCCCCCCSc1cc(C)sc1-c1sc(-c2cc3sc(C)cc3s2)cc1C. The summed E-state index contributed by atoms with van der Waals surface area (Å²) in [6.07, 6.45) is 17.0. The van der Waals surface area contributed by atoms with Crippen LogP contribution in [0.4, 0.5) is 0 Å². The molecule has 4 aromatic heterocycles. The van der Waals surface area contributed by atoms with Gasteiger partial charge in [0.05, 0.1) is 4.88 Å². The van der Waals surface area contributed by atoms with E-state index in [0.29, 0.717) is 0 Å². The highest BCUT2D eigenvalue weighted by atomic mass is 32.2. The van der Waals surface area contributed by atoms with Crippen molar-refractivity contribution in [2.24, 2.45) is 0 Å². The Morgan fingerprint density at radius 1 is 0.556 bits per heavy atom. The van der Waals surface area contributed by atoms with Gasteiger partial charge in [0.1, 0.15) is 0 Å². The quantitative estimate of drug-likeness (QED) is 0.0947. The van der Waals surface area contributed by atoms with E-state index in [4.69, 9.17) is 0 Å². The van der Waals surface area contributed by atoms with Crippen LogP contribution in [-0.2, 0) is 0 Å². The van der Waals surface area contributed by atoms with Gasteiger partial charge in [0, 0.05) is 38.7 Å². The van der Waals surface area contributed by atoms with Crippen molar-refractivity contribution in [3.05, 3.63) is 39.6 Å². The van der Waals surface area contributed by atoms with Gasteiger partial charge in [-0.3, -0.25) is 0 Å². The summed E-state index contributed by atoms with van der Waals surface area (Å²) in [5.74, 6) is 1.25. The number of aryl methyl sites for hydroxylation is 3. The summed E-state index contributed by atoms with van der Waals surface area (Å²) in [6.45, 7) is 9.07. The molecule has 5 heteroatoms. The highest BCUT2D eigenvalue weighted by molar-refractivity contribution is 7.99. The van der Waals surface area contributed by atoms with Crippen molar-refractivity contribution < 1.29 is 0 Å². The van der Waals surface area contributed by atoms with Crippen LogP contribution in [0.2, 0.25) is 0 Å². The summed E-state index contributed by atoms with van der Waals surface area (Å²) in [6, 6.07) is 9.57. The molecule has 196 valence electrons. The average molecular weight is 575 g/mol. The molecule has 0 N–H and O–H groups in total. The first-order valence-corrected chi connectivity index (χ1v) is 18.1. The van der Waals surface area contributed by atoms with Crippen LogP contribution in [0.25, 0.3) is 28.9 Å². The zero-order valence-corrected chi connectivity index (χ0v) is 26.6. The van der Waals surface area contributed by atoms with E-state index in [1.165, 1.54) is 132 Å². The van der Waals surface area contributed by atoms with Gasteiger partial charge in [0.2, 0.25) is 0 Å². The molecule has 0 radical (unpaired) electrons. The van der Waals surface area contributed by atoms with Crippen molar-refractivity contribution in [2.45, 2.75) is 110 Å². The Kier molecular flexibility index (Phi) is 11.5. The van der Waals surface area contributed by atoms with E-state index < -0.39 is 0 Å². The number of fused-ring (bicyclic) bond motifs is 1. The molecule has 4 rings (SSSR count). The molecule has 0 aromatic carbocycles. The Labute approximate surface area is 239 Å². The van der Waals surface area contributed by atoms with Gasteiger partial charge in [-0.2, -0.15) is 0 Å². The molecule has 0 aliphatic carbocycles. The van der Waals surface area contributed by atoms with Gasteiger partial charge in [0.15, 0.2) is 0 Å². The lowest BCUT2D eigenvalue weighted by atomic mass is 10.1. The van der Waals surface area contributed by atoms with E-state index in [-0.39, 0.29) is 0 Å². The van der Waals surface area contributed by atoms with E-state index in [0.717, 1.165) is 0 Å². The molecule has 0 spiro atoms. The van der Waals surface area contributed by atoms with E-state index in [9.17, 15) is 0 Å². The predicted octanol–water partition coefficient (Wildman–Crippen LogP) is 13.1. The molecule has 0 aliphatic heterocycles. The van der Waals surface area contributed by atoms with Gasteiger partial charge in [-0.25, -0.2) is 0 Å². The Balaban J connectivity index is 1.22. The topological polar surface area (TPSA) is 0 Å². The van der Waals surface area contributed by atoms with E-state index in [1.54, 1.807) is 0 Å². The second-order valence-corrected chi connectivity index (χ2v) is 15.9. The van der Waals surface area contributed by atoms with Crippen molar-refractivity contribution in [3.8, 4) is 19.5 Å². The number of unbranched alkanes of at least 4 members (excludes halogenated alkanes) is 11. The van der Waals surface area contributed by atoms with Gasteiger partial charge in [0.25, 0.3) is 0 Å². The molecule has 0 saturated carbocycles. The van der Waals surface area contributed by atoms with Gasteiger partial charge in [-0.1, -0.05) is 77.6 Å². The lowest BCUT2D eigenvalue weighted by molar-refractivity contribution is 0.548. The lowest BCUT2D eigenvalue weighted by Crippen LogP contribution is -1.84. The number of thiophene rings is 4. The fourth-order valence-electron chi connectivity index (χ4n) is 4.79. The Morgan fingerprint density at radius 2 is 1.14 bits per heavy atom. The van der Waals surface area contributed by atoms with Crippen molar-refractivity contribution >= 4 is 66.5 Å². The fourth-order valence-corrected chi connectivity index (χ4v) is 11.0. The molecule has 0 fully saturated rings. The normalized spacial score (nSPS) is 11.8. The minimum atomic E-state index is 1.25. The van der Waals surface area contributed by atoms with Crippen LogP contribution < -0.4 is 0 Å². The molecule has 0 atom stereocenters. The Bertz CT molecular complexity index is 1170. The van der Waals surface area contributed by atoms with Crippen LogP contribution in [-0.4, -0.2) is 5.75 Å². The molecule has 0 nitrogen and oxygen atoms in total. The molecule has 0 amide bonds. The summed E-state index contributed by atoms with van der Waals surface area (Å²) in [4.78, 5) is 10.2. The Morgan fingerprint density at radius 3 is 1.81 bits per heavy atom. The number of hydrogen-bond acceptors (Lipinski definition) is 5. The van der Waals surface area contributed by atoms with Crippen molar-refractivity contribution in [2.75, 3.05) is 5.75 Å². The molecule has 0 aliphatic rings. The molecule has 36 heavy (non-hydrogen) atoms. The zero-order chi connectivity index (χ0) is 25.3. The lowest BCUT2D eigenvalue weighted by Gasteiger charge is -2.05. The highest BCUT2D eigenvalue weighted by Crippen LogP contribution is 2.48. The van der Waals surface area contributed by atoms with Crippen LogP contribution in [0.1, 0.15) is 99.3 Å². The van der Waals surface area contributed by atoms with Crippen LogP contribution in [0.3, 0.4) is 0 Å². The standard InChI is InChI=1S/C31H42S5/c1-5-6-7-8-9-10-11-12-13-14-15-16-17-32-29-20-24(4)34-31(29)30-22(2)18-25(36-30)28-21-27-26(35-28)19-23(3)33-27/h18-21H,5-17H2,1-4H3. The largest absolute Gasteiger partial charge is 0.140 e. The van der Waals surface area contributed by atoms with Gasteiger partial charge < -0.3 is 0 Å². The van der Waals surface area contributed by atoms with E-state index in [2.05, 4.69) is 63.7 Å². The van der Waals surface area contributed by atoms with E-state index >= 15 is 0 Å². The van der Waals surface area contributed by atoms with Gasteiger partial charge in [-0.15, -0.1) is 57.1 Å². The molecular formula is C31H42S5. The molecule has 0 bridgehead atoms. The summed E-state index contributed by atoms with van der Waals surface area (Å²) >= 11 is 9.92. The summed E-state index contributed by atoms with van der Waals surface area (Å²) in [5.41, 5.74) is 1.43. The van der Waals surface area contributed by atoms with E-state index in [1.807, 2.05) is 45.3 Å². The number of thioether (sulfide) groups is 1. The second kappa shape index (κ2) is 14.5. The average Bonchev–Trinajstić information content (AvgIpc) is 3.59. The smallest absolute Gasteiger partial charge is 0.0584 e. The van der Waals surface area contributed by atoms with Crippen LogP contribution in [0.5, 0.6) is 0 Å². The first-order chi connectivity index (χ1) is 17.5. The third kappa shape index (κ3) is 7.96. The minimum absolute atomic E-state index is 1.25. The van der Waals surface area contributed by atoms with Crippen LogP contribution >= 0.6 is 57.1 Å². The van der Waals surface area contributed by atoms with Gasteiger partial charge in [-0.05, 0) is 62.8 Å². The van der Waals surface area contributed by atoms with Crippen LogP contribution in [0, 0.1) is 20.8 Å². The summed E-state index contributed by atoms with van der Waals surface area (Å²) < 4.78 is 2.87. The van der Waals surface area contributed by atoms with Crippen molar-refractivity contribution in [1.82, 2.24) is 0 Å². The van der Waals surface area contributed by atoms with Crippen molar-refractivity contribution in [3.63, 3.8) is 0 Å². The zero-order valence-electron chi connectivity index (χ0n) is 22.5. The second-order valence-electron chi connectivity index (χ2n) is 10.1. The highest BCUT2D eigenvalue weighted by Gasteiger charge is 2.17. The first-order valence-electron chi connectivity index (χ1n) is 13.9. The number of hydrogen-bond donors (Lipinski definition) is 0. The molecule has 4 aromatic rings.